The van der Waals surface area contributed by atoms with Gasteiger partial charge in [-0.25, -0.2) is 0 Å². The normalized spacial score (nSPS) is 12.0. The zero-order valence-corrected chi connectivity index (χ0v) is 11.6. The first-order chi connectivity index (χ1) is 9.77. The first-order valence-corrected chi connectivity index (χ1v) is 6.24. The second-order valence-corrected chi connectivity index (χ2v) is 4.72. The molecule has 110 valence electrons. The zero-order valence-electron chi connectivity index (χ0n) is 10.9. The van der Waals surface area contributed by atoms with E-state index in [0.29, 0.717) is 5.56 Å². The fourth-order valence-corrected chi connectivity index (χ4v) is 1.93. The summed E-state index contributed by atoms with van der Waals surface area (Å²) in [6.45, 7) is 0. The molecule has 1 aromatic carbocycles. The molecule has 0 aliphatic carbocycles. The highest BCUT2D eigenvalue weighted by Gasteiger charge is 2.29. The smallest absolute Gasteiger partial charge is 0.287 e. The van der Waals surface area contributed by atoms with Crippen molar-refractivity contribution in [3.63, 3.8) is 0 Å². The Hall–Kier alpha value is -2.08. The number of benzene rings is 1. The van der Waals surface area contributed by atoms with Crippen LogP contribution in [0.5, 0.6) is 0 Å². The molecule has 21 heavy (non-hydrogen) atoms. The second-order valence-electron chi connectivity index (χ2n) is 4.32. The van der Waals surface area contributed by atoms with E-state index in [1.165, 1.54) is 35.2 Å². The van der Waals surface area contributed by atoms with Crippen LogP contribution in [0.3, 0.4) is 0 Å². The lowest BCUT2D eigenvalue weighted by atomic mass is 10.1. The first-order valence-electron chi connectivity index (χ1n) is 5.86. The van der Waals surface area contributed by atoms with Crippen molar-refractivity contribution in [3.05, 3.63) is 58.4 Å². The minimum Gasteiger partial charge on any atom is -0.287 e. The predicted molar refractivity (Wildman–Crippen MR) is 73.0 cm³/mol. The molecule has 0 bridgehead atoms. The predicted octanol–water partition coefficient (Wildman–Crippen LogP) is 3.99. The molecule has 0 amide bonds. The summed E-state index contributed by atoms with van der Waals surface area (Å²) >= 11 is 5.83. The minimum absolute atomic E-state index is 0.0994. The Balaban J connectivity index is 2.14. The standard InChI is InChI=1S/C14H10ClF3N2O/c1-20-8-11(15)13(19-20)12(21)7-4-9-2-5-10(6-3-9)14(16,17)18/h2-8H,1H3/b7-4+. The van der Waals surface area contributed by atoms with Gasteiger partial charge >= 0.3 is 6.18 Å². The maximum atomic E-state index is 12.4. The van der Waals surface area contributed by atoms with Crippen LogP contribution in [0.25, 0.3) is 6.08 Å². The molecule has 0 saturated heterocycles. The third-order valence-electron chi connectivity index (χ3n) is 2.68. The van der Waals surface area contributed by atoms with Crippen molar-refractivity contribution in [3.8, 4) is 0 Å². The Morgan fingerprint density at radius 3 is 2.38 bits per heavy atom. The van der Waals surface area contributed by atoms with Crippen molar-refractivity contribution in [1.29, 1.82) is 0 Å². The van der Waals surface area contributed by atoms with Crippen LogP contribution in [-0.2, 0) is 13.2 Å². The van der Waals surface area contributed by atoms with E-state index < -0.39 is 17.5 Å². The first kappa shape index (κ1) is 15.3. The lowest BCUT2D eigenvalue weighted by Gasteiger charge is -2.05. The van der Waals surface area contributed by atoms with Crippen molar-refractivity contribution < 1.29 is 18.0 Å². The minimum atomic E-state index is -4.38. The highest BCUT2D eigenvalue weighted by Crippen LogP contribution is 2.29. The molecule has 0 N–H and O–H groups in total. The Morgan fingerprint density at radius 1 is 1.29 bits per heavy atom. The number of aromatic nitrogens is 2. The van der Waals surface area contributed by atoms with Gasteiger partial charge in [0.15, 0.2) is 5.69 Å². The number of ketones is 1. The number of hydrogen-bond acceptors (Lipinski definition) is 2. The Bertz CT molecular complexity index is 687. The highest BCUT2D eigenvalue weighted by atomic mass is 35.5. The van der Waals surface area contributed by atoms with E-state index in [1.807, 2.05) is 0 Å². The van der Waals surface area contributed by atoms with Gasteiger partial charge in [-0.2, -0.15) is 18.3 Å². The average Bonchev–Trinajstić information content (AvgIpc) is 2.74. The molecule has 0 atom stereocenters. The Morgan fingerprint density at radius 2 is 1.90 bits per heavy atom. The van der Waals surface area contributed by atoms with Crippen LogP contribution >= 0.6 is 11.6 Å². The number of carbonyl (C=O) groups excluding carboxylic acids is 1. The summed E-state index contributed by atoms with van der Waals surface area (Å²) in [5.41, 5.74) is -0.163. The number of allylic oxidation sites excluding steroid dienone is 1. The van der Waals surface area contributed by atoms with Gasteiger partial charge in [-0.15, -0.1) is 0 Å². The third-order valence-corrected chi connectivity index (χ3v) is 2.96. The largest absolute Gasteiger partial charge is 0.416 e. The molecule has 1 aromatic heterocycles. The van der Waals surface area contributed by atoms with Crippen molar-refractivity contribution in [2.45, 2.75) is 6.18 Å². The van der Waals surface area contributed by atoms with Gasteiger partial charge in [0.05, 0.1) is 10.6 Å². The fourth-order valence-electron chi connectivity index (χ4n) is 1.66. The maximum absolute atomic E-state index is 12.4. The van der Waals surface area contributed by atoms with Gasteiger partial charge in [0.2, 0.25) is 5.78 Å². The average molecular weight is 315 g/mol. The van der Waals surface area contributed by atoms with Crippen LogP contribution in [-0.4, -0.2) is 15.6 Å². The van der Waals surface area contributed by atoms with E-state index in [1.54, 1.807) is 7.05 Å². The molecular formula is C14H10ClF3N2O. The quantitative estimate of drug-likeness (QED) is 0.634. The fraction of sp³-hybridized carbons (Fsp3) is 0.143. The number of halogens is 4. The summed E-state index contributed by atoms with van der Waals surface area (Å²) in [7, 11) is 1.63. The summed E-state index contributed by atoms with van der Waals surface area (Å²) in [5.74, 6) is -0.416. The lowest BCUT2D eigenvalue weighted by molar-refractivity contribution is -0.137. The van der Waals surface area contributed by atoms with E-state index in [4.69, 9.17) is 11.6 Å². The van der Waals surface area contributed by atoms with Crippen LogP contribution < -0.4 is 0 Å². The van der Waals surface area contributed by atoms with Crippen LogP contribution in [0.15, 0.2) is 36.5 Å². The van der Waals surface area contributed by atoms with Crippen molar-refractivity contribution in [2.24, 2.45) is 7.05 Å². The van der Waals surface area contributed by atoms with E-state index in [9.17, 15) is 18.0 Å². The van der Waals surface area contributed by atoms with Gasteiger partial charge in [0.25, 0.3) is 0 Å². The van der Waals surface area contributed by atoms with Crippen LogP contribution in [0.1, 0.15) is 21.6 Å². The summed E-state index contributed by atoms with van der Waals surface area (Å²) in [6, 6.07) is 4.48. The van der Waals surface area contributed by atoms with E-state index in [0.717, 1.165) is 12.1 Å². The highest BCUT2D eigenvalue weighted by molar-refractivity contribution is 6.34. The Labute approximate surface area is 123 Å². The topological polar surface area (TPSA) is 34.9 Å². The third kappa shape index (κ3) is 3.72. The number of aryl methyl sites for hydroxylation is 1. The van der Waals surface area contributed by atoms with Gasteiger partial charge in [-0.3, -0.25) is 9.48 Å². The number of rotatable bonds is 3. The van der Waals surface area contributed by atoms with Gasteiger partial charge < -0.3 is 0 Å². The summed E-state index contributed by atoms with van der Waals surface area (Å²) in [5, 5.41) is 4.13. The monoisotopic (exact) mass is 314 g/mol. The molecule has 0 spiro atoms. The lowest BCUT2D eigenvalue weighted by Crippen LogP contribution is -2.04. The Kier molecular flexibility index (Phi) is 4.18. The molecule has 0 fully saturated rings. The molecule has 0 unspecified atom stereocenters. The number of carbonyl (C=O) groups is 1. The van der Waals surface area contributed by atoms with E-state index in [2.05, 4.69) is 5.10 Å². The summed E-state index contributed by atoms with van der Waals surface area (Å²) in [4.78, 5) is 11.9. The molecule has 2 rings (SSSR count). The second kappa shape index (κ2) is 5.73. The maximum Gasteiger partial charge on any atom is 0.416 e. The molecule has 1 heterocycles. The number of hydrogen-bond donors (Lipinski definition) is 0. The molecule has 7 heteroatoms. The van der Waals surface area contributed by atoms with Gasteiger partial charge in [-0.1, -0.05) is 29.8 Å². The van der Waals surface area contributed by atoms with Gasteiger partial charge in [0.1, 0.15) is 0 Å². The van der Waals surface area contributed by atoms with E-state index >= 15 is 0 Å². The van der Waals surface area contributed by atoms with Gasteiger partial charge in [0, 0.05) is 13.2 Å². The zero-order chi connectivity index (χ0) is 15.6. The van der Waals surface area contributed by atoms with Crippen LogP contribution in [0.2, 0.25) is 5.02 Å². The molecule has 0 aliphatic heterocycles. The van der Waals surface area contributed by atoms with Crippen LogP contribution in [0.4, 0.5) is 13.2 Å². The van der Waals surface area contributed by atoms with Crippen molar-refractivity contribution in [2.75, 3.05) is 0 Å². The van der Waals surface area contributed by atoms with Crippen molar-refractivity contribution >= 4 is 23.5 Å². The molecule has 2 aromatic rings. The molecular weight excluding hydrogens is 305 g/mol. The number of alkyl halides is 3. The molecule has 0 radical (unpaired) electrons. The molecule has 0 aliphatic rings. The number of nitrogens with zero attached hydrogens (tertiary/aromatic N) is 2. The summed E-state index contributed by atoms with van der Waals surface area (Å²) in [6.07, 6.45) is -0.259. The molecule has 0 saturated carbocycles. The van der Waals surface area contributed by atoms with Crippen LogP contribution in [0, 0.1) is 0 Å². The SMILES string of the molecule is Cn1cc(Cl)c(C(=O)/C=C/c2ccc(C(F)(F)F)cc2)n1. The van der Waals surface area contributed by atoms with Gasteiger partial charge in [-0.05, 0) is 23.8 Å². The van der Waals surface area contributed by atoms with Crippen molar-refractivity contribution in [1.82, 2.24) is 9.78 Å². The molecule has 3 nitrogen and oxygen atoms in total. The van der Waals surface area contributed by atoms with E-state index in [-0.39, 0.29) is 10.7 Å². The summed E-state index contributed by atoms with van der Waals surface area (Å²) < 4.78 is 38.6.